The van der Waals surface area contributed by atoms with Gasteiger partial charge in [-0.15, -0.1) is 0 Å². The number of nitrogens with one attached hydrogen (secondary N) is 1. The molecule has 3 aromatic carbocycles. The average Bonchev–Trinajstić information content (AvgIpc) is 3.07. The Morgan fingerprint density at radius 3 is 2.31 bits per heavy atom. The molecule has 1 unspecified atom stereocenters. The van der Waals surface area contributed by atoms with Crippen molar-refractivity contribution in [1.82, 2.24) is 0 Å². The zero-order valence-electron chi connectivity index (χ0n) is 19.7. The highest BCUT2D eigenvalue weighted by Gasteiger charge is 2.59. The normalized spacial score (nSPS) is 19.9. The van der Waals surface area contributed by atoms with Crippen LogP contribution in [0.2, 0.25) is 5.02 Å². The van der Waals surface area contributed by atoms with E-state index in [0.29, 0.717) is 22.1 Å². The Bertz CT molecular complexity index is 1290. The van der Waals surface area contributed by atoms with Gasteiger partial charge in [-0.1, -0.05) is 47.5 Å². The number of amides is 1. The maximum absolute atomic E-state index is 13.9. The van der Waals surface area contributed by atoms with Crippen LogP contribution in [0.1, 0.15) is 19.4 Å². The van der Waals surface area contributed by atoms with Gasteiger partial charge in [-0.2, -0.15) is 5.10 Å². The fourth-order valence-corrected chi connectivity index (χ4v) is 3.94. The summed E-state index contributed by atoms with van der Waals surface area (Å²) < 4.78 is 5.43. The Kier molecular flexibility index (Phi) is 6.98. The molecule has 1 aliphatic rings. The third-order valence-corrected chi connectivity index (χ3v) is 5.89. The van der Waals surface area contributed by atoms with E-state index in [1.807, 2.05) is 61.5 Å². The second-order valence-electron chi connectivity index (χ2n) is 8.14. The number of aryl methyl sites for hydroxylation is 1. The van der Waals surface area contributed by atoms with E-state index in [9.17, 15) is 9.59 Å². The van der Waals surface area contributed by atoms with E-state index >= 15 is 0 Å². The zero-order chi connectivity index (χ0) is 25.0. The molecule has 0 bridgehead atoms. The van der Waals surface area contributed by atoms with Crippen LogP contribution in [0.25, 0.3) is 0 Å². The van der Waals surface area contributed by atoms with Crippen LogP contribution in [-0.4, -0.2) is 35.4 Å². The molecule has 1 saturated heterocycles. The summed E-state index contributed by atoms with van der Waals surface area (Å²) >= 11 is 6.08. The quantitative estimate of drug-likeness (QED) is 0.364. The summed E-state index contributed by atoms with van der Waals surface area (Å²) in [6.07, 6.45) is 0. The van der Waals surface area contributed by atoms with Gasteiger partial charge in [0.15, 0.2) is 11.3 Å². The average molecular weight is 489 g/mol. The molecule has 35 heavy (non-hydrogen) atoms. The number of anilines is 2. The molecular weight excluding hydrogens is 464 g/mol. The van der Waals surface area contributed by atoms with Crippen LogP contribution in [0.3, 0.4) is 0 Å². The predicted octanol–water partition coefficient (Wildman–Crippen LogP) is 5.56. The lowest BCUT2D eigenvalue weighted by atomic mass is 9.95. The molecule has 1 N–H and O–H groups in total. The Balaban J connectivity index is 1.92. The van der Waals surface area contributed by atoms with Crippen molar-refractivity contribution in [3.63, 3.8) is 0 Å². The van der Waals surface area contributed by atoms with Crippen LogP contribution in [-0.2, 0) is 14.3 Å². The lowest BCUT2D eigenvalue weighted by molar-refractivity contribution is -0.146. The molecule has 1 heterocycles. The Morgan fingerprint density at radius 2 is 1.69 bits per heavy atom. The van der Waals surface area contributed by atoms with Gasteiger partial charge in [0.25, 0.3) is 5.91 Å². The third-order valence-electron chi connectivity index (χ3n) is 5.64. The number of benzene rings is 3. The largest absolute Gasteiger partial charge is 0.464 e. The number of carbonyl (C=O) groups excluding carboxylic acids is 2. The second kappa shape index (κ2) is 10.1. The number of ether oxygens (including phenoxy) is 1. The molecule has 8 heteroatoms. The maximum Gasteiger partial charge on any atom is 0.338 e. The molecule has 1 aliphatic heterocycles. The van der Waals surface area contributed by atoms with Crippen LogP contribution >= 0.6 is 11.6 Å². The topological polar surface area (TPSA) is 83.4 Å². The first-order chi connectivity index (χ1) is 16.8. The number of hydrogen-bond donors (Lipinski definition) is 1. The Labute approximate surface area is 209 Å². The van der Waals surface area contributed by atoms with Gasteiger partial charge in [0.05, 0.1) is 18.0 Å². The molecule has 0 aliphatic carbocycles. The molecule has 7 nitrogen and oxygen atoms in total. The van der Waals surface area contributed by atoms with Crippen LogP contribution in [0.5, 0.6) is 0 Å². The van der Waals surface area contributed by atoms with E-state index < -0.39 is 17.4 Å². The fourth-order valence-electron chi connectivity index (χ4n) is 3.82. The monoisotopic (exact) mass is 488 g/mol. The Morgan fingerprint density at radius 1 is 1.03 bits per heavy atom. The van der Waals surface area contributed by atoms with Crippen LogP contribution in [0, 0.1) is 6.92 Å². The first-order valence-electron chi connectivity index (χ1n) is 11.2. The van der Waals surface area contributed by atoms with Crippen molar-refractivity contribution < 1.29 is 14.3 Å². The van der Waals surface area contributed by atoms with Gasteiger partial charge in [0.1, 0.15) is 5.71 Å². The van der Waals surface area contributed by atoms with Gasteiger partial charge in [0.2, 0.25) is 0 Å². The number of halogens is 1. The summed E-state index contributed by atoms with van der Waals surface area (Å²) in [7, 11) is 0. The number of carbonyl (C=O) groups is 2. The molecule has 1 fully saturated rings. The molecule has 0 aromatic heterocycles. The molecule has 0 spiro atoms. The number of para-hydroxylation sites is 1. The van der Waals surface area contributed by atoms with Crippen molar-refractivity contribution in [3.8, 4) is 0 Å². The molecule has 4 rings (SSSR count). The number of hydrogen-bond acceptors (Lipinski definition) is 6. The van der Waals surface area contributed by atoms with Gasteiger partial charge in [-0.05, 0) is 69.3 Å². The summed E-state index contributed by atoms with van der Waals surface area (Å²) in [5, 5.41) is 5.04. The van der Waals surface area contributed by atoms with Crippen molar-refractivity contribution in [2.45, 2.75) is 26.3 Å². The van der Waals surface area contributed by atoms with Gasteiger partial charge in [0, 0.05) is 10.7 Å². The lowest BCUT2D eigenvalue weighted by Gasteiger charge is -2.32. The van der Waals surface area contributed by atoms with E-state index in [4.69, 9.17) is 16.3 Å². The highest BCUT2D eigenvalue weighted by Crippen LogP contribution is 2.35. The molecule has 0 saturated carbocycles. The first-order valence-corrected chi connectivity index (χ1v) is 11.5. The minimum Gasteiger partial charge on any atom is -0.464 e. The molecule has 178 valence electrons. The highest BCUT2D eigenvalue weighted by molar-refractivity contribution is 6.77. The van der Waals surface area contributed by atoms with Gasteiger partial charge >= 0.3 is 5.97 Å². The minimum absolute atomic E-state index is 0.0442. The summed E-state index contributed by atoms with van der Waals surface area (Å²) in [5.74, 6) is -1.09. The number of hydrazone groups is 1. The zero-order valence-corrected chi connectivity index (χ0v) is 20.4. The molecule has 3 aromatic rings. The smallest absolute Gasteiger partial charge is 0.338 e. The van der Waals surface area contributed by atoms with E-state index in [0.717, 1.165) is 5.56 Å². The van der Waals surface area contributed by atoms with Crippen molar-refractivity contribution in [1.29, 1.82) is 0 Å². The SMILES string of the molecule is CCOC(=O)C1(C)/C(=N/Nc2ccccc2)C(=Nc2ccc(C)cc2)C(=O)N1c1ccc(Cl)cc1. The number of esters is 1. The minimum atomic E-state index is -1.58. The third kappa shape index (κ3) is 4.81. The van der Waals surface area contributed by atoms with E-state index in [-0.39, 0.29) is 18.0 Å². The van der Waals surface area contributed by atoms with Crippen molar-refractivity contribution in [2.24, 2.45) is 10.1 Å². The molecular formula is C27H25ClN4O3. The van der Waals surface area contributed by atoms with Crippen molar-refractivity contribution in [2.75, 3.05) is 16.9 Å². The van der Waals surface area contributed by atoms with Gasteiger partial charge < -0.3 is 4.74 Å². The lowest BCUT2D eigenvalue weighted by Crippen LogP contribution is -2.55. The maximum atomic E-state index is 13.9. The van der Waals surface area contributed by atoms with Crippen LogP contribution < -0.4 is 10.3 Å². The standard InChI is InChI=1S/C27H25ClN4O3/c1-4-35-26(34)27(3)24(31-30-21-8-6-5-7-9-21)23(29-20-14-10-18(2)11-15-20)25(33)32(27)22-16-12-19(28)13-17-22/h5-17,30H,4H2,1-3H3/b29-23?,31-24+. The van der Waals surface area contributed by atoms with Crippen molar-refractivity contribution in [3.05, 3.63) is 89.4 Å². The number of aliphatic imine (C=N–C) groups is 1. The van der Waals surface area contributed by atoms with Crippen molar-refractivity contribution >= 4 is 52.0 Å². The number of nitrogens with zero attached hydrogens (tertiary/aromatic N) is 3. The fraction of sp³-hybridized carbons (Fsp3) is 0.185. The van der Waals surface area contributed by atoms with E-state index in [1.54, 1.807) is 38.1 Å². The summed E-state index contributed by atoms with van der Waals surface area (Å²) in [6, 6.07) is 23.3. The second-order valence-corrected chi connectivity index (χ2v) is 8.58. The van der Waals surface area contributed by atoms with Crippen LogP contribution in [0.4, 0.5) is 17.1 Å². The summed E-state index contributed by atoms with van der Waals surface area (Å²) in [6.45, 7) is 5.43. The summed E-state index contributed by atoms with van der Waals surface area (Å²) in [4.78, 5) is 33.3. The highest BCUT2D eigenvalue weighted by atomic mass is 35.5. The number of rotatable bonds is 6. The molecule has 1 amide bonds. The van der Waals surface area contributed by atoms with Gasteiger partial charge in [-0.3, -0.25) is 15.1 Å². The van der Waals surface area contributed by atoms with Gasteiger partial charge in [-0.25, -0.2) is 9.79 Å². The van der Waals surface area contributed by atoms with E-state index in [1.165, 1.54) is 4.90 Å². The summed E-state index contributed by atoms with van der Waals surface area (Å²) in [5.41, 5.74) is 4.37. The van der Waals surface area contributed by atoms with E-state index in [2.05, 4.69) is 15.5 Å². The molecule has 0 radical (unpaired) electrons. The molecule has 1 atom stereocenters. The first kappa shape index (κ1) is 24.2. The van der Waals surface area contributed by atoms with Crippen LogP contribution in [0.15, 0.2) is 89.0 Å². The predicted molar refractivity (Wildman–Crippen MR) is 140 cm³/mol. The Hall–Kier alpha value is -3.97.